The van der Waals surface area contributed by atoms with Gasteiger partial charge in [0.25, 0.3) is 0 Å². The molecule has 0 aromatic carbocycles. The van der Waals surface area contributed by atoms with Crippen molar-refractivity contribution in [2.24, 2.45) is 0 Å². The van der Waals surface area contributed by atoms with Gasteiger partial charge >= 0.3 is 0 Å². The van der Waals surface area contributed by atoms with Crippen molar-refractivity contribution in [2.45, 2.75) is 49.8 Å². The summed E-state index contributed by atoms with van der Waals surface area (Å²) in [5, 5.41) is 0. The fourth-order valence-corrected chi connectivity index (χ4v) is 5.01. The number of piperidine rings is 1. The number of sulfonamides is 1. The van der Waals surface area contributed by atoms with E-state index < -0.39 is 10.0 Å². The van der Waals surface area contributed by atoms with Gasteiger partial charge in [-0.1, -0.05) is 6.42 Å². The van der Waals surface area contributed by atoms with Gasteiger partial charge in [-0.3, -0.25) is 0 Å². The monoisotopic (exact) mass is 316 g/mol. The van der Waals surface area contributed by atoms with Gasteiger partial charge in [-0.15, -0.1) is 11.3 Å². The average molecular weight is 316 g/mol. The van der Waals surface area contributed by atoms with Gasteiger partial charge in [-0.25, -0.2) is 13.1 Å². The molecule has 20 heavy (non-hydrogen) atoms. The van der Waals surface area contributed by atoms with Crippen LogP contribution in [0.4, 0.5) is 0 Å². The summed E-state index contributed by atoms with van der Waals surface area (Å²) < 4.78 is 27.2. The lowest BCUT2D eigenvalue weighted by Crippen LogP contribution is -2.39. The summed E-state index contributed by atoms with van der Waals surface area (Å²) in [5.41, 5.74) is 0. The lowest BCUT2D eigenvalue weighted by Gasteiger charge is -2.33. The second-order valence-corrected chi connectivity index (χ2v) is 8.78. The summed E-state index contributed by atoms with van der Waals surface area (Å²) in [6.07, 6.45) is 4.72. The number of nitrogens with zero attached hydrogens (tertiary/aromatic N) is 1. The molecule has 4 nitrogen and oxygen atoms in total. The summed E-state index contributed by atoms with van der Waals surface area (Å²) in [7, 11) is -3.31. The minimum atomic E-state index is -3.31. The third kappa shape index (κ3) is 4.28. The van der Waals surface area contributed by atoms with Crippen LogP contribution in [0.15, 0.2) is 16.3 Å². The fourth-order valence-electron chi connectivity index (χ4n) is 2.61. The van der Waals surface area contributed by atoms with Crippen LogP contribution in [0.2, 0.25) is 0 Å². The molecular formula is C14H24N2O2S2. The molecular weight excluding hydrogens is 292 g/mol. The Labute approximate surface area is 126 Å². The zero-order chi connectivity index (χ0) is 14.6. The number of thiophene rings is 1. The topological polar surface area (TPSA) is 49.4 Å². The Morgan fingerprint density at radius 2 is 2.20 bits per heavy atom. The highest BCUT2D eigenvalue weighted by atomic mass is 32.2. The molecule has 2 rings (SSSR count). The van der Waals surface area contributed by atoms with Crippen LogP contribution in [0.1, 0.15) is 37.5 Å². The first kappa shape index (κ1) is 15.9. The molecule has 0 bridgehead atoms. The summed E-state index contributed by atoms with van der Waals surface area (Å²) >= 11 is 1.32. The molecule has 1 unspecified atom stereocenters. The van der Waals surface area contributed by atoms with Crippen molar-refractivity contribution in [3.8, 4) is 0 Å². The maximum atomic E-state index is 12.0. The number of hydrogen-bond donors (Lipinski definition) is 1. The van der Waals surface area contributed by atoms with Crippen LogP contribution in [0, 0.1) is 6.92 Å². The van der Waals surface area contributed by atoms with Gasteiger partial charge in [-0.05, 0) is 58.3 Å². The van der Waals surface area contributed by atoms with Crippen LogP contribution in [0.3, 0.4) is 0 Å². The summed E-state index contributed by atoms with van der Waals surface area (Å²) in [6, 6.07) is 4.16. The van der Waals surface area contributed by atoms with Crippen LogP contribution in [-0.4, -0.2) is 39.0 Å². The highest BCUT2D eigenvalue weighted by Crippen LogP contribution is 2.20. The van der Waals surface area contributed by atoms with Gasteiger partial charge < -0.3 is 4.90 Å². The highest BCUT2D eigenvalue weighted by Gasteiger charge is 2.18. The Balaban J connectivity index is 1.75. The van der Waals surface area contributed by atoms with E-state index in [0.29, 0.717) is 16.8 Å². The number of aryl methyl sites for hydroxylation is 1. The zero-order valence-corrected chi connectivity index (χ0v) is 13.9. The molecule has 0 saturated carbocycles. The summed E-state index contributed by atoms with van der Waals surface area (Å²) in [4.78, 5) is 3.49. The number of rotatable bonds is 6. The van der Waals surface area contributed by atoms with Gasteiger partial charge in [-0.2, -0.15) is 0 Å². The minimum absolute atomic E-state index is 0.418. The lowest BCUT2D eigenvalue weighted by molar-refractivity contribution is 0.159. The van der Waals surface area contributed by atoms with Gasteiger partial charge in [0.2, 0.25) is 10.0 Å². The average Bonchev–Trinajstić information content (AvgIpc) is 2.84. The molecule has 1 fully saturated rings. The predicted octanol–water partition coefficient (Wildman–Crippen LogP) is 2.60. The van der Waals surface area contributed by atoms with Crippen molar-refractivity contribution in [1.82, 2.24) is 9.62 Å². The number of likely N-dealkylation sites (tertiary alicyclic amines) is 1. The van der Waals surface area contributed by atoms with E-state index in [2.05, 4.69) is 16.5 Å². The van der Waals surface area contributed by atoms with Gasteiger partial charge in [0, 0.05) is 17.5 Å². The Morgan fingerprint density at radius 3 is 2.85 bits per heavy atom. The van der Waals surface area contributed by atoms with E-state index in [-0.39, 0.29) is 0 Å². The molecule has 1 aromatic heterocycles. The van der Waals surface area contributed by atoms with Crippen LogP contribution in [-0.2, 0) is 10.0 Å². The molecule has 1 aliphatic rings. The molecule has 1 N–H and O–H groups in total. The molecule has 0 radical (unpaired) electrons. The molecule has 2 heterocycles. The maximum absolute atomic E-state index is 12.0. The third-order valence-electron chi connectivity index (χ3n) is 3.84. The zero-order valence-electron chi connectivity index (χ0n) is 12.3. The molecule has 6 heteroatoms. The Kier molecular flexibility index (Phi) is 5.60. The van der Waals surface area contributed by atoms with Crippen LogP contribution >= 0.6 is 11.3 Å². The standard InChI is InChI=1S/C14H24N2O2S2/c1-12-6-3-4-10-16(12)11-5-9-15-20(17,18)14-8-7-13(2)19-14/h7-8,12,15H,3-6,9-11H2,1-2H3. The maximum Gasteiger partial charge on any atom is 0.250 e. The largest absolute Gasteiger partial charge is 0.301 e. The predicted molar refractivity (Wildman–Crippen MR) is 83.7 cm³/mol. The first-order chi connectivity index (χ1) is 9.49. The SMILES string of the molecule is Cc1ccc(S(=O)(=O)NCCCN2CCCCC2C)s1. The van der Waals surface area contributed by atoms with Crippen LogP contribution in [0.25, 0.3) is 0 Å². The van der Waals surface area contributed by atoms with Crippen molar-refractivity contribution in [1.29, 1.82) is 0 Å². The van der Waals surface area contributed by atoms with E-state index in [0.717, 1.165) is 24.4 Å². The molecule has 0 spiro atoms. The minimum Gasteiger partial charge on any atom is -0.301 e. The summed E-state index contributed by atoms with van der Waals surface area (Å²) in [5.74, 6) is 0. The second-order valence-electron chi connectivity index (χ2n) is 5.50. The molecule has 1 aliphatic heterocycles. The molecule has 0 amide bonds. The van der Waals surface area contributed by atoms with Crippen molar-refractivity contribution >= 4 is 21.4 Å². The van der Waals surface area contributed by atoms with Gasteiger partial charge in [0.1, 0.15) is 4.21 Å². The van der Waals surface area contributed by atoms with E-state index in [9.17, 15) is 8.42 Å². The molecule has 1 aromatic rings. The van der Waals surface area contributed by atoms with Crippen LogP contribution < -0.4 is 4.72 Å². The molecule has 0 aliphatic carbocycles. The Morgan fingerprint density at radius 1 is 1.40 bits per heavy atom. The smallest absolute Gasteiger partial charge is 0.250 e. The van der Waals surface area contributed by atoms with Crippen molar-refractivity contribution in [3.05, 3.63) is 17.0 Å². The van der Waals surface area contributed by atoms with E-state index in [1.165, 1.54) is 30.6 Å². The van der Waals surface area contributed by atoms with Crippen molar-refractivity contribution in [2.75, 3.05) is 19.6 Å². The van der Waals surface area contributed by atoms with Gasteiger partial charge in [0.15, 0.2) is 0 Å². The first-order valence-corrected chi connectivity index (χ1v) is 9.59. The molecule has 1 saturated heterocycles. The number of nitrogens with one attached hydrogen (secondary N) is 1. The lowest BCUT2D eigenvalue weighted by atomic mass is 10.0. The first-order valence-electron chi connectivity index (χ1n) is 7.29. The highest BCUT2D eigenvalue weighted by molar-refractivity contribution is 7.91. The quantitative estimate of drug-likeness (QED) is 0.821. The van der Waals surface area contributed by atoms with E-state index in [4.69, 9.17) is 0 Å². The fraction of sp³-hybridized carbons (Fsp3) is 0.714. The van der Waals surface area contributed by atoms with E-state index >= 15 is 0 Å². The number of hydrogen-bond acceptors (Lipinski definition) is 4. The van der Waals surface area contributed by atoms with E-state index in [1.807, 2.05) is 13.0 Å². The Hall–Kier alpha value is -0.430. The summed E-state index contributed by atoms with van der Waals surface area (Å²) in [6.45, 7) is 6.83. The van der Waals surface area contributed by atoms with Crippen molar-refractivity contribution < 1.29 is 8.42 Å². The normalized spacial score (nSPS) is 21.2. The third-order valence-corrected chi connectivity index (χ3v) is 6.79. The Bertz CT molecular complexity index is 525. The van der Waals surface area contributed by atoms with Crippen LogP contribution in [0.5, 0.6) is 0 Å². The van der Waals surface area contributed by atoms with Gasteiger partial charge in [0.05, 0.1) is 0 Å². The molecule has 114 valence electrons. The van der Waals surface area contributed by atoms with Crippen molar-refractivity contribution in [3.63, 3.8) is 0 Å². The second kappa shape index (κ2) is 7.02. The molecule has 1 atom stereocenters. The van der Waals surface area contributed by atoms with E-state index in [1.54, 1.807) is 6.07 Å².